The fourth-order valence-corrected chi connectivity index (χ4v) is 7.12. The maximum absolute atomic E-state index is 12.5. The summed E-state index contributed by atoms with van der Waals surface area (Å²) in [4.78, 5) is 34.4. The van der Waals surface area contributed by atoms with E-state index >= 15 is 0 Å². The standard InChI is InChI=1S/C43H85O8P/c1-4-6-8-10-12-14-16-18-19-20-21-22-23-24-25-26-28-30-32-34-36-38-43(45)51-41(40-50-52(46,47)48-3)39-49-42(44)37-35-33-31-29-27-17-15-13-11-9-7-5-2/h41H,4-40H2,1-3H3,(H,46,47). The van der Waals surface area contributed by atoms with Crippen LogP contribution < -0.4 is 0 Å². The minimum atomic E-state index is -4.25. The molecule has 0 saturated carbocycles. The summed E-state index contributed by atoms with van der Waals surface area (Å²) in [5, 5.41) is 0. The summed E-state index contributed by atoms with van der Waals surface area (Å²) in [6.07, 6.45) is 41.6. The third-order valence-electron chi connectivity index (χ3n) is 10.1. The van der Waals surface area contributed by atoms with Crippen LogP contribution in [0.5, 0.6) is 0 Å². The normalized spacial score (nSPS) is 13.2. The zero-order valence-corrected chi connectivity index (χ0v) is 35.4. The van der Waals surface area contributed by atoms with Gasteiger partial charge in [0.1, 0.15) is 6.61 Å². The van der Waals surface area contributed by atoms with E-state index in [-0.39, 0.29) is 19.0 Å². The van der Waals surface area contributed by atoms with Gasteiger partial charge in [-0.1, -0.05) is 213 Å². The predicted molar refractivity (Wildman–Crippen MR) is 217 cm³/mol. The lowest BCUT2D eigenvalue weighted by molar-refractivity contribution is -0.161. The number of rotatable bonds is 42. The summed E-state index contributed by atoms with van der Waals surface area (Å²) in [7, 11) is -3.19. The first-order valence-electron chi connectivity index (χ1n) is 22.2. The highest BCUT2D eigenvalue weighted by Gasteiger charge is 2.24. The van der Waals surface area contributed by atoms with E-state index in [1.54, 1.807) is 0 Å². The molecule has 0 amide bonds. The van der Waals surface area contributed by atoms with Gasteiger partial charge < -0.3 is 14.4 Å². The molecular formula is C43H85O8P. The molecule has 0 rings (SSSR count). The summed E-state index contributed by atoms with van der Waals surface area (Å²) in [5.41, 5.74) is 0. The fourth-order valence-electron chi connectivity index (χ4n) is 6.66. The van der Waals surface area contributed by atoms with Gasteiger partial charge in [0, 0.05) is 20.0 Å². The first-order valence-corrected chi connectivity index (χ1v) is 23.7. The van der Waals surface area contributed by atoms with Crippen LogP contribution in [0, 0.1) is 0 Å². The molecule has 0 aromatic heterocycles. The molecule has 8 nitrogen and oxygen atoms in total. The van der Waals surface area contributed by atoms with Crippen LogP contribution in [0.3, 0.4) is 0 Å². The van der Waals surface area contributed by atoms with Crippen molar-refractivity contribution in [2.24, 2.45) is 0 Å². The van der Waals surface area contributed by atoms with E-state index in [4.69, 9.17) is 14.0 Å². The first kappa shape index (κ1) is 51.0. The van der Waals surface area contributed by atoms with Crippen LogP contribution in [0.25, 0.3) is 0 Å². The highest BCUT2D eigenvalue weighted by Crippen LogP contribution is 2.42. The first-order chi connectivity index (χ1) is 25.3. The highest BCUT2D eigenvalue weighted by molar-refractivity contribution is 7.47. The maximum atomic E-state index is 12.5. The molecule has 0 heterocycles. The number of ether oxygens (including phenoxy) is 2. The Hall–Kier alpha value is -0.950. The molecule has 52 heavy (non-hydrogen) atoms. The molecule has 1 N–H and O–H groups in total. The predicted octanol–water partition coefficient (Wildman–Crippen LogP) is 13.9. The number of phosphoric ester groups is 1. The van der Waals surface area contributed by atoms with Gasteiger partial charge in [-0.25, -0.2) is 4.57 Å². The van der Waals surface area contributed by atoms with Gasteiger partial charge in [0.15, 0.2) is 6.10 Å². The quantitative estimate of drug-likeness (QED) is 0.0372. The Morgan fingerprint density at radius 2 is 0.750 bits per heavy atom. The number of hydrogen-bond acceptors (Lipinski definition) is 7. The topological polar surface area (TPSA) is 108 Å². The second-order valence-electron chi connectivity index (χ2n) is 15.2. The molecule has 0 radical (unpaired) electrons. The zero-order valence-electron chi connectivity index (χ0n) is 34.5. The SMILES string of the molecule is CCCCCCCCCCCCCCCCCCCCCCCC(=O)OC(COC(=O)CCCCCCCCCCCCCC)COP(=O)(O)OC. The summed E-state index contributed by atoms with van der Waals surface area (Å²) >= 11 is 0. The van der Waals surface area contributed by atoms with Crippen LogP contribution >= 0.6 is 7.82 Å². The van der Waals surface area contributed by atoms with Crippen molar-refractivity contribution in [2.45, 2.75) is 245 Å². The average Bonchev–Trinajstić information content (AvgIpc) is 3.13. The van der Waals surface area contributed by atoms with E-state index in [1.165, 1.54) is 173 Å². The van der Waals surface area contributed by atoms with Gasteiger partial charge in [-0.2, -0.15) is 0 Å². The van der Waals surface area contributed by atoms with Crippen molar-refractivity contribution in [1.82, 2.24) is 0 Å². The molecule has 0 aromatic carbocycles. The Bertz CT molecular complexity index is 823. The molecule has 0 aliphatic heterocycles. The van der Waals surface area contributed by atoms with Crippen molar-refractivity contribution in [3.63, 3.8) is 0 Å². The van der Waals surface area contributed by atoms with E-state index in [1.807, 2.05) is 0 Å². The Balaban J connectivity index is 3.88. The van der Waals surface area contributed by atoms with Crippen molar-refractivity contribution in [3.05, 3.63) is 0 Å². The van der Waals surface area contributed by atoms with Crippen LogP contribution in [0.15, 0.2) is 0 Å². The van der Waals surface area contributed by atoms with Crippen LogP contribution in [0.2, 0.25) is 0 Å². The van der Waals surface area contributed by atoms with Gasteiger partial charge >= 0.3 is 19.8 Å². The van der Waals surface area contributed by atoms with E-state index in [0.717, 1.165) is 45.6 Å². The summed E-state index contributed by atoms with van der Waals surface area (Å²) in [6.45, 7) is 3.92. The molecule has 9 heteroatoms. The Morgan fingerprint density at radius 3 is 1.06 bits per heavy atom. The molecular weight excluding hydrogens is 675 g/mol. The smallest absolute Gasteiger partial charge is 0.462 e. The van der Waals surface area contributed by atoms with Crippen LogP contribution in [-0.4, -0.2) is 43.3 Å². The largest absolute Gasteiger partial charge is 0.472 e. The molecule has 0 aromatic rings. The average molecular weight is 761 g/mol. The van der Waals surface area contributed by atoms with Crippen molar-refractivity contribution >= 4 is 19.8 Å². The van der Waals surface area contributed by atoms with Gasteiger partial charge in [0.05, 0.1) is 6.61 Å². The Morgan fingerprint density at radius 1 is 0.462 bits per heavy atom. The minimum Gasteiger partial charge on any atom is -0.462 e. The van der Waals surface area contributed by atoms with Crippen molar-refractivity contribution in [2.75, 3.05) is 20.3 Å². The van der Waals surface area contributed by atoms with Crippen LogP contribution in [0.4, 0.5) is 0 Å². The van der Waals surface area contributed by atoms with Crippen molar-refractivity contribution < 1.29 is 37.6 Å². The van der Waals surface area contributed by atoms with Gasteiger partial charge in [-0.3, -0.25) is 18.6 Å². The summed E-state index contributed by atoms with van der Waals surface area (Å²) < 4.78 is 32.0. The van der Waals surface area contributed by atoms with E-state index < -0.39 is 26.5 Å². The summed E-state index contributed by atoms with van der Waals surface area (Å²) in [6, 6.07) is 0. The highest BCUT2D eigenvalue weighted by atomic mass is 31.2. The van der Waals surface area contributed by atoms with Crippen LogP contribution in [0.1, 0.15) is 239 Å². The lowest BCUT2D eigenvalue weighted by Gasteiger charge is -2.19. The minimum absolute atomic E-state index is 0.216. The Kier molecular flexibility index (Phi) is 39.0. The number of phosphoric acid groups is 1. The van der Waals surface area contributed by atoms with Crippen molar-refractivity contribution in [1.29, 1.82) is 0 Å². The molecule has 0 bridgehead atoms. The molecule has 0 fully saturated rings. The van der Waals surface area contributed by atoms with Crippen LogP contribution in [-0.2, 0) is 32.7 Å². The van der Waals surface area contributed by atoms with Gasteiger partial charge in [-0.05, 0) is 12.8 Å². The molecule has 0 spiro atoms. The molecule has 0 aliphatic rings. The monoisotopic (exact) mass is 761 g/mol. The lowest BCUT2D eigenvalue weighted by atomic mass is 10.0. The Labute approximate surface area is 321 Å². The van der Waals surface area contributed by atoms with E-state index in [2.05, 4.69) is 18.4 Å². The maximum Gasteiger partial charge on any atom is 0.472 e. The summed E-state index contributed by atoms with van der Waals surface area (Å²) in [5.74, 6) is -0.787. The molecule has 0 aliphatic carbocycles. The van der Waals surface area contributed by atoms with Gasteiger partial charge in [-0.15, -0.1) is 0 Å². The van der Waals surface area contributed by atoms with Gasteiger partial charge in [0.2, 0.25) is 0 Å². The third-order valence-corrected chi connectivity index (χ3v) is 11.0. The zero-order chi connectivity index (χ0) is 38.2. The molecule has 2 unspecified atom stereocenters. The number of unbranched alkanes of at least 4 members (excludes halogenated alkanes) is 31. The molecule has 0 saturated heterocycles. The second kappa shape index (κ2) is 39.7. The fraction of sp³-hybridized carbons (Fsp3) is 0.953. The molecule has 310 valence electrons. The second-order valence-corrected chi connectivity index (χ2v) is 16.8. The van der Waals surface area contributed by atoms with E-state index in [9.17, 15) is 19.0 Å². The number of esters is 2. The van der Waals surface area contributed by atoms with Gasteiger partial charge in [0.25, 0.3) is 0 Å². The number of carbonyl (C=O) groups excluding carboxylic acids is 2. The van der Waals surface area contributed by atoms with Crippen molar-refractivity contribution in [3.8, 4) is 0 Å². The molecule has 2 atom stereocenters. The third kappa shape index (κ3) is 38.8. The number of carbonyl (C=O) groups is 2. The number of hydrogen-bond donors (Lipinski definition) is 1. The van der Waals surface area contributed by atoms with E-state index in [0.29, 0.717) is 6.42 Å². The lowest BCUT2D eigenvalue weighted by Crippen LogP contribution is -2.29.